The Morgan fingerprint density at radius 2 is 2.36 bits per heavy atom. The van der Waals surface area contributed by atoms with Crippen molar-refractivity contribution in [3.63, 3.8) is 0 Å². The Kier molecular flexibility index (Phi) is 6.39. The zero-order valence-corrected chi connectivity index (χ0v) is 8.87. The van der Waals surface area contributed by atoms with Crippen molar-refractivity contribution in [2.45, 2.75) is 26.3 Å². The Labute approximate surface area is 84.1 Å². The van der Waals surface area contributed by atoms with E-state index in [1.807, 2.05) is 13.8 Å². The number of H-pyrrole nitrogens is 1. The molecule has 4 N–H and O–H groups in total. The van der Waals surface area contributed by atoms with Crippen molar-refractivity contribution < 1.29 is 4.79 Å². The number of nitrogens with two attached hydrogens (primary N) is 1. The number of hydrogen-bond donors (Lipinski definition) is 3. The van der Waals surface area contributed by atoms with Crippen LogP contribution in [0.3, 0.4) is 0 Å². The second-order valence-corrected chi connectivity index (χ2v) is 2.50. The first kappa shape index (κ1) is 12.6. The molecule has 0 aliphatic heterocycles. The van der Waals surface area contributed by atoms with Crippen molar-refractivity contribution in [1.82, 2.24) is 15.3 Å². The Hall–Kier alpha value is -1.36. The third-order valence-corrected chi connectivity index (χ3v) is 1.58. The predicted octanol–water partition coefficient (Wildman–Crippen LogP) is 0.0517. The minimum atomic E-state index is -0.504. The SMILES string of the molecule is CC.CNC(=O)C(N)Cc1cnc[nH]1. The molecule has 0 aliphatic carbocycles. The van der Waals surface area contributed by atoms with Crippen LogP contribution in [0.1, 0.15) is 19.5 Å². The summed E-state index contributed by atoms with van der Waals surface area (Å²) >= 11 is 0. The number of aromatic amines is 1. The number of likely N-dealkylation sites (N-methyl/N-ethyl adjacent to an activating group) is 1. The van der Waals surface area contributed by atoms with E-state index in [1.165, 1.54) is 0 Å². The van der Waals surface area contributed by atoms with Gasteiger partial charge >= 0.3 is 0 Å². The number of nitrogens with zero attached hydrogens (tertiary/aromatic N) is 1. The molecule has 0 aliphatic rings. The van der Waals surface area contributed by atoms with Gasteiger partial charge in [-0.1, -0.05) is 13.8 Å². The molecular formula is C9H18N4O. The number of amides is 1. The van der Waals surface area contributed by atoms with Crippen LogP contribution in [0.15, 0.2) is 12.5 Å². The topological polar surface area (TPSA) is 83.8 Å². The summed E-state index contributed by atoms with van der Waals surface area (Å²) in [5.74, 6) is -0.162. The van der Waals surface area contributed by atoms with Gasteiger partial charge in [0.15, 0.2) is 0 Å². The summed E-state index contributed by atoms with van der Waals surface area (Å²) in [6, 6.07) is -0.504. The molecule has 0 bridgehead atoms. The van der Waals surface area contributed by atoms with Gasteiger partial charge in [0.2, 0.25) is 5.91 Å². The quantitative estimate of drug-likeness (QED) is 0.641. The molecule has 5 heteroatoms. The fraction of sp³-hybridized carbons (Fsp3) is 0.556. The molecular weight excluding hydrogens is 180 g/mol. The highest BCUT2D eigenvalue weighted by molar-refractivity contribution is 5.81. The maximum absolute atomic E-state index is 11.0. The van der Waals surface area contributed by atoms with E-state index in [4.69, 9.17) is 5.73 Å². The summed E-state index contributed by atoms with van der Waals surface area (Å²) < 4.78 is 0. The van der Waals surface area contributed by atoms with E-state index in [0.717, 1.165) is 5.69 Å². The monoisotopic (exact) mass is 198 g/mol. The smallest absolute Gasteiger partial charge is 0.237 e. The zero-order valence-electron chi connectivity index (χ0n) is 8.87. The lowest BCUT2D eigenvalue weighted by Crippen LogP contribution is -2.40. The summed E-state index contributed by atoms with van der Waals surface area (Å²) in [4.78, 5) is 17.7. The minimum Gasteiger partial charge on any atom is -0.358 e. The second-order valence-electron chi connectivity index (χ2n) is 2.50. The van der Waals surface area contributed by atoms with Crippen LogP contribution in [0.4, 0.5) is 0 Å². The molecule has 1 heterocycles. The van der Waals surface area contributed by atoms with Gasteiger partial charge in [0.25, 0.3) is 0 Å². The van der Waals surface area contributed by atoms with Gasteiger partial charge in [0.05, 0.1) is 12.4 Å². The summed E-state index contributed by atoms with van der Waals surface area (Å²) in [6.07, 6.45) is 3.70. The highest BCUT2D eigenvalue weighted by atomic mass is 16.2. The minimum absolute atomic E-state index is 0.162. The normalized spacial score (nSPS) is 11.1. The van der Waals surface area contributed by atoms with E-state index in [-0.39, 0.29) is 5.91 Å². The number of aromatic nitrogens is 2. The van der Waals surface area contributed by atoms with E-state index >= 15 is 0 Å². The van der Waals surface area contributed by atoms with Crippen molar-refractivity contribution in [2.24, 2.45) is 5.73 Å². The van der Waals surface area contributed by atoms with E-state index in [1.54, 1.807) is 19.6 Å². The molecule has 1 amide bonds. The number of nitrogens with one attached hydrogen (secondary N) is 2. The second kappa shape index (κ2) is 7.08. The van der Waals surface area contributed by atoms with Crippen LogP contribution in [0.5, 0.6) is 0 Å². The van der Waals surface area contributed by atoms with Gasteiger partial charge in [-0.15, -0.1) is 0 Å². The summed E-state index contributed by atoms with van der Waals surface area (Å²) in [7, 11) is 1.56. The lowest BCUT2D eigenvalue weighted by Gasteiger charge is -2.07. The van der Waals surface area contributed by atoms with Gasteiger partial charge in [0, 0.05) is 25.4 Å². The van der Waals surface area contributed by atoms with Crippen LogP contribution in [-0.2, 0) is 11.2 Å². The fourth-order valence-corrected chi connectivity index (χ4v) is 0.911. The van der Waals surface area contributed by atoms with Crippen LogP contribution in [-0.4, -0.2) is 29.0 Å². The largest absolute Gasteiger partial charge is 0.358 e. The van der Waals surface area contributed by atoms with Crippen LogP contribution < -0.4 is 11.1 Å². The van der Waals surface area contributed by atoms with E-state index in [9.17, 15) is 4.79 Å². The van der Waals surface area contributed by atoms with Crippen LogP contribution in [0, 0.1) is 0 Å². The van der Waals surface area contributed by atoms with Crippen molar-refractivity contribution in [1.29, 1.82) is 0 Å². The molecule has 0 saturated heterocycles. The Bertz CT molecular complexity index is 245. The molecule has 0 aromatic carbocycles. The van der Waals surface area contributed by atoms with Crippen molar-refractivity contribution >= 4 is 5.91 Å². The average Bonchev–Trinajstić information content (AvgIpc) is 2.72. The number of imidazole rings is 1. The third kappa shape index (κ3) is 4.04. The van der Waals surface area contributed by atoms with E-state index < -0.39 is 6.04 Å². The first-order chi connectivity index (χ1) is 6.74. The summed E-state index contributed by atoms with van der Waals surface area (Å²) in [6.45, 7) is 4.00. The van der Waals surface area contributed by atoms with Crippen LogP contribution in [0.25, 0.3) is 0 Å². The molecule has 1 aromatic heterocycles. The molecule has 1 aromatic rings. The zero-order chi connectivity index (χ0) is 11.0. The van der Waals surface area contributed by atoms with Crippen LogP contribution in [0.2, 0.25) is 0 Å². The highest BCUT2D eigenvalue weighted by Gasteiger charge is 2.12. The Morgan fingerprint density at radius 3 is 2.79 bits per heavy atom. The van der Waals surface area contributed by atoms with E-state index in [2.05, 4.69) is 15.3 Å². The van der Waals surface area contributed by atoms with Gasteiger partial charge in [-0.05, 0) is 0 Å². The van der Waals surface area contributed by atoms with Crippen LogP contribution >= 0.6 is 0 Å². The van der Waals surface area contributed by atoms with Crippen molar-refractivity contribution in [2.75, 3.05) is 7.05 Å². The van der Waals surface area contributed by atoms with Crippen molar-refractivity contribution in [3.8, 4) is 0 Å². The first-order valence-electron chi connectivity index (χ1n) is 4.68. The van der Waals surface area contributed by atoms with Gasteiger partial charge in [-0.3, -0.25) is 4.79 Å². The number of carbonyl (C=O) groups excluding carboxylic acids is 1. The Morgan fingerprint density at radius 1 is 1.71 bits per heavy atom. The van der Waals surface area contributed by atoms with Gasteiger partial charge in [-0.25, -0.2) is 4.98 Å². The molecule has 0 saturated carbocycles. The maximum atomic E-state index is 11.0. The Balaban J connectivity index is 0.000000791. The molecule has 1 unspecified atom stereocenters. The molecule has 14 heavy (non-hydrogen) atoms. The molecule has 5 nitrogen and oxygen atoms in total. The van der Waals surface area contributed by atoms with Crippen molar-refractivity contribution in [3.05, 3.63) is 18.2 Å². The summed E-state index contributed by atoms with van der Waals surface area (Å²) in [5.41, 5.74) is 6.43. The standard InChI is InChI=1S/C7H12N4O.C2H6/c1-9-7(12)6(8)2-5-3-10-4-11-5;1-2/h3-4,6H,2,8H2,1H3,(H,9,12)(H,10,11);1-2H3. The highest BCUT2D eigenvalue weighted by Crippen LogP contribution is 1.95. The average molecular weight is 198 g/mol. The number of carbonyl (C=O) groups is 1. The molecule has 0 fully saturated rings. The molecule has 1 atom stereocenters. The fourth-order valence-electron chi connectivity index (χ4n) is 0.911. The molecule has 0 spiro atoms. The third-order valence-electron chi connectivity index (χ3n) is 1.58. The van der Waals surface area contributed by atoms with Gasteiger partial charge < -0.3 is 16.0 Å². The maximum Gasteiger partial charge on any atom is 0.237 e. The van der Waals surface area contributed by atoms with Gasteiger partial charge in [0.1, 0.15) is 0 Å². The number of hydrogen-bond acceptors (Lipinski definition) is 3. The first-order valence-corrected chi connectivity index (χ1v) is 4.68. The lowest BCUT2D eigenvalue weighted by molar-refractivity contribution is -0.121. The summed E-state index contributed by atoms with van der Waals surface area (Å²) in [5, 5.41) is 2.48. The number of rotatable bonds is 3. The van der Waals surface area contributed by atoms with E-state index in [0.29, 0.717) is 6.42 Å². The predicted molar refractivity (Wildman–Crippen MR) is 55.7 cm³/mol. The molecule has 0 radical (unpaired) electrons. The lowest BCUT2D eigenvalue weighted by atomic mass is 10.2. The van der Waals surface area contributed by atoms with Gasteiger partial charge in [-0.2, -0.15) is 0 Å². The molecule has 80 valence electrons. The molecule has 1 rings (SSSR count).